The van der Waals surface area contributed by atoms with E-state index in [1.54, 1.807) is 58.0 Å². The van der Waals surface area contributed by atoms with Gasteiger partial charge in [0.2, 0.25) is 17.6 Å². The molecule has 2 aromatic rings. The number of carbonyl (C=O) groups excluding carboxylic acids is 5. The number of alkyl halides is 3. The molecule has 2 fully saturated rings. The molecule has 1 aliphatic carbocycles. The lowest BCUT2D eigenvalue weighted by atomic mass is 9.85. The van der Waals surface area contributed by atoms with Gasteiger partial charge in [0.1, 0.15) is 30.0 Å². The van der Waals surface area contributed by atoms with Crippen LogP contribution in [0.25, 0.3) is 5.70 Å². The van der Waals surface area contributed by atoms with Crippen LogP contribution in [0, 0.1) is 5.41 Å². The Morgan fingerprint density at radius 3 is 2.28 bits per heavy atom. The lowest BCUT2D eigenvalue weighted by molar-refractivity contribution is -0.274. The Labute approximate surface area is 304 Å². The van der Waals surface area contributed by atoms with Crippen molar-refractivity contribution in [1.29, 1.82) is 0 Å². The van der Waals surface area contributed by atoms with E-state index >= 15 is 0 Å². The Balaban J connectivity index is 1.40. The number of hydrogen-bond donors (Lipinski definition) is 4. The average molecular weight is 744 g/mol. The SMILES string of the molecule is CCC[C@H](NC(=O)[C@@H]1C[C@]2(C=C(c3ccc(OC(F)(F)F)cc3)NO2)CN1C(=O)[C@@H](NC(=O)OCc1ccccc1)C(C)(C)C)C(=O)C(=O)NC1CC1. The average Bonchev–Trinajstić information content (AvgIpc) is 3.69. The van der Waals surface area contributed by atoms with Crippen molar-refractivity contribution in [1.82, 2.24) is 26.3 Å². The van der Waals surface area contributed by atoms with E-state index in [-0.39, 0.29) is 32.0 Å². The van der Waals surface area contributed by atoms with Crippen LogP contribution < -0.4 is 26.2 Å². The second-order valence-corrected chi connectivity index (χ2v) is 14.6. The molecule has 4 N–H and O–H groups in total. The summed E-state index contributed by atoms with van der Waals surface area (Å²) in [4.78, 5) is 74.7. The van der Waals surface area contributed by atoms with Crippen molar-refractivity contribution in [3.63, 3.8) is 0 Å². The lowest BCUT2D eigenvalue weighted by Gasteiger charge is -2.35. The number of rotatable bonds is 13. The molecule has 0 aromatic heterocycles. The zero-order valence-electron chi connectivity index (χ0n) is 29.9. The van der Waals surface area contributed by atoms with Crippen LogP contribution in [0.2, 0.25) is 0 Å². The molecule has 0 bridgehead atoms. The summed E-state index contributed by atoms with van der Waals surface area (Å²) in [7, 11) is 0. The van der Waals surface area contributed by atoms with Gasteiger partial charge in [0.05, 0.1) is 18.3 Å². The van der Waals surface area contributed by atoms with E-state index in [1.807, 2.05) is 6.07 Å². The molecule has 4 amide bonds. The van der Waals surface area contributed by atoms with Gasteiger partial charge in [-0.1, -0.05) is 64.4 Å². The summed E-state index contributed by atoms with van der Waals surface area (Å²) in [5.74, 6) is -3.35. The van der Waals surface area contributed by atoms with E-state index in [1.165, 1.54) is 17.0 Å². The highest BCUT2D eigenvalue weighted by Crippen LogP contribution is 2.39. The number of alkyl carbamates (subject to hydrolysis) is 1. The second kappa shape index (κ2) is 15.9. The van der Waals surface area contributed by atoms with Crippen molar-refractivity contribution >= 4 is 35.3 Å². The molecule has 0 radical (unpaired) electrons. The zero-order chi connectivity index (χ0) is 38.6. The quantitative estimate of drug-likeness (QED) is 0.220. The van der Waals surface area contributed by atoms with E-state index in [9.17, 15) is 37.1 Å². The molecule has 2 aliphatic heterocycles. The van der Waals surface area contributed by atoms with Gasteiger partial charge in [0.15, 0.2) is 0 Å². The van der Waals surface area contributed by atoms with Gasteiger partial charge < -0.3 is 30.3 Å². The number of ketones is 1. The highest BCUT2D eigenvalue weighted by molar-refractivity contribution is 6.38. The fourth-order valence-corrected chi connectivity index (χ4v) is 6.17. The molecule has 5 rings (SSSR count). The lowest BCUT2D eigenvalue weighted by Crippen LogP contribution is -2.59. The maximum Gasteiger partial charge on any atom is 0.573 e. The molecule has 4 atom stereocenters. The predicted molar refractivity (Wildman–Crippen MR) is 184 cm³/mol. The number of carbonyl (C=O) groups is 5. The van der Waals surface area contributed by atoms with Crippen LogP contribution in [-0.4, -0.2) is 77.2 Å². The third-order valence-corrected chi connectivity index (χ3v) is 9.04. The van der Waals surface area contributed by atoms with E-state index in [0.717, 1.165) is 30.5 Å². The molecular formula is C37H44F3N5O8. The number of likely N-dealkylation sites (tertiary alicyclic amines) is 1. The van der Waals surface area contributed by atoms with Crippen LogP contribution in [0.5, 0.6) is 5.75 Å². The number of hydrogen-bond acceptors (Lipinski definition) is 9. The summed E-state index contributed by atoms with van der Waals surface area (Å²) in [6, 6.07) is 10.4. The first-order valence-corrected chi connectivity index (χ1v) is 17.4. The van der Waals surface area contributed by atoms with Gasteiger partial charge in [0, 0.05) is 12.5 Å². The van der Waals surface area contributed by atoms with Gasteiger partial charge in [0.25, 0.3) is 5.91 Å². The number of hydroxylamine groups is 1. The van der Waals surface area contributed by atoms with Crippen molar-refractivity contribution in [3.8, 4) is 5.75 Å². The number of halogens is 3. The zero-order valence-corrected chi connectivity index (χ0v) is 29.9. The van der Waals surface area contributed by atoms with Crippen LogP contribution in [0.1, 0.15) is 70.9 Å². The van der Waals surface area contributed by atoms with Crippen LogP contribution in [0.4, 0.5) is 18.0 Å². The molecule has 286 valence electrons. The largest absolute Gasteiger partial charge is 0.573 e. The van der Waals surface area contributed by atoms with E-state index < -0.39 is 70.9 Å². The minimum atomic E-state index is -4.87. The maximum atomic E-state index is 14.5. The third-order valence-electron chi connectivity index (χ3n) is 9.04. The van der Waals surface area contributed by atoms with Crippen molar-refractivity contribution in [2.75, 3.05) is 6.54 Å². The molecule has 1 saturated carbocycles. The summed E-state index contributed by atoms with van der Waals surface area (Å²) in [6.45, 7) is 6.78. The third kappa shape index (κ3) is 10.3. The predicted octanol–water partition coefficient (Wildman–Crippen LogP) is 4.27. The Morgan fingerprint density at radius 1 is 1.00 bits per heavy atom. The molecule has 53 heavy (non-hydrogen) atoms. The summed E-state index contributed by atoms with van der Waals surface area (Å²) in [5, 5.41) is 8.01. The Morgan fingerprint density at radius 2 is 1.68 bits per heavy atom. The van der Waals surface area contributed by atoms with Crippen LogP contribution in [0.3, 0.4) is 0 Å². The van der Waals surface area contributed by atoms with Gasteiger partial charge in [-0.05, 0) is 66.1 Å². The van der Waals surface area contributed by atoms with E-state index in [4.69, 9.17) is 9.57 Å². The first kappa shape index (κ1) is 39.1. The summed E-state index contributed by atoms with van der Waals surface area (Å²) in [5.41, 5.74) is 2.12. The maximum absolute atomic E-state index is 14.5. The highest BCUT2D eigenvalue weighted by atomic mass is 19.4. The topological polar surface area (TPSA) is 164 Å². The first-order chi connectivity index (χ1) is 25.0. The number of benzene rings is 2. The molecule has 0 unspecified atom stereocenters. The summed E-state index contributed by atoms with van der Waals surface area (Å²) < 4.78 is 47.5. The van der Waals surface area contributed by atoms with Gasteiger partial charge in [-0.2, -0.15) is 0 Å². The molecule has 1 spiro atoms. The number of amides is 4. The fraction of sp³-hybridized carbons (Fsp3) is 0.486. The number of nitrogens with one attached hydrogen (secondary N) is 4. The minimum absolute atomic E-state index is 0.0485. The first-order valence-electron chi connectivity index (χ1n) is 17.4. The van der Waals surface area contributed by atoms with Crippen LogP contribution in [-0.2, 0) is 35.4 Å². The molecule has 2 aromatic carbocycles. The Kier molecular flexibility index (Phi) is 11.7. The fourth-order valence-electron chi connectivity index (χ4n) is 6.17. The number of nitrogens with zero attached hydrogens (tertiary/aromatic N) is 1. The van der Waals surface area contributed by atoms with E-state index in [2.05, 4.69) is 26.2 Å². The van der Waals surface area contributed by atoms with Crippen LogP contribution >= 0.6 is 0 Å². The molecule has 2 heterocycles. The normalized spacial score (nSPS) is 20.8. The van der Waals surface area contributed by atoms with Gasteiger partial charge in [-0.3, -0.25) is 29.5 Å². The van der Waals surface area contributed by atoms with Gasteiger partial charge in [-0.15, -0.1) is 13.2 Å². The molecule has 16 heteroatoms. The van der Waals surface area contributed by atoms with Crippen molar-refractivity contribution < 1.29 is 51.5 Å². The Hall–Kier alpha value is -5.12. The minimum Gasteiger partial charge on any atom is -0.445 e. The van der Waals surface area contributed by atoms with Crippen molar-refractivity contribution in [2.45, 2.75) is 103 Å². The monoisotopic (exact) mass is 743 g/mol. The molecule has 3 aliphatic rings. The highest BCUT2D eigenvalue weighted by Gasteiger charge is 2.54. The second-order valence-electron chi connectivity index (χ2n) is 14.6. The smallest absolute Gasteiger partial charge is 0.445 e. The standard InChI is InChI=1S/C37H44F3N5O8/c1-5-9-26(29(46)32(48)41-24-14-15-24)42-31(47)28-19-36(18-27(44-53-36)23-12-16-25(17-13-23)52-37(38,39)40)21-45(28)33(49)30(35(2,3)4)43-34(50)51-20-22-10-7-6-8-11-22/h6-8,10-13,16-18,24,26,28,30,44H,5,9,14-15,19-21H2,1-4H3,(H,41,48)(H,42,47)(H,43,50)/t26-,28-,30+,36+/m0/s1. The van der Waals surface area contributed by atoms with Crippen LogP contribution in [0.15, 0.2) is 60.7 Å². The summed E-state index contributed by atoms with van der Waals surface area (Å²) >= 11 is 0. The number of Topliss-reactive ketones (excluding diaryl/α,β-unsaturated/α-hetero) is 1. The molecule has 13 nitrogen and oxygen atoms in total. The van der Waals surface area contributed by atoms with Gasteiger partial charge in [-0.25, -0.2) is 4.79 Å². The number of ether oxygens (including phenoxy) is 2. The molecular weight excluding hydrogens is 699 g/mol. The van der Waals surface area contributed by atoms with Gasteiger partial charge >= 0.3 is 12.5 Å². The Bertz CT molecular complexity index is 1710. The summed E-state index contributed by atoms with van der Waals surface area (Å²) in [6.07, 6.45) is -2.02. The van der Waals surface area contributed by atoms with E-state index in [0.29, 0.717) is 17.7 Å². The molecule has 1 saturated heterocycles. The van der Waals surface area contributed by atoms with Crippen molar-refractivity contribution in [2.24, 2.45) is 5.41 Å². The van der Waals surface area contributed by atoms with Crippen molar-refractivity contribution in [3.05, 3.63) is 71.8 Å².